The molecular weight excluding hydrogens is 221 g/mol. The Labute approximate surface area is 90.7 Å². The van der Waals surface area contributed by atoms with Crippen molar-refractivity contribution < 1.29 is 23.0 Å². The van der Waals surface area contributed by atoms with Crippen molar-refractivity contribution in [2.75, 3.05) is 6.61 Å². The van der Waals surface area contributed by atoms with E-state index in [0.717, 1.165) is 12.1 Å². The van der Waals surface area contributed by atoms with E-state index in [1.165, 1.54) is 12.1 Å². The van der Waals surface area contributed by atoms with Gasteiger partial charge in [0.05, 0.1) is 18.3 Å². The number of epoxide rings is 1. The molecule has 1 saturated heterocycles. The molecule has 2 nitrogen and oxygen atoms in total. The van der Waals surface area contributed by atoms with Crippen molar-refractivity contribution in [1.82, 2.24) is 0 Å². The molecule has 0 spiro atoms. The van der Waals surface area contributed by atoms with Crippen LogP contribution in [-0.2, 0) is 16.5 Å². The van der Waals surface area contributed by atoms with Gasteiger partial charge in [0.2, 0.25) is 0 Å². The fourth-order valence-corrected chi connectivity index (χ4v) is 1.67. The Morgan fingerprint density at radius 2 is 1.81 bits per heavy atom. The molecule has 0 amide bonds. The zero-order valence-corrected chi connectivity index (χ0v) is 8.58. The molecule has 1 aliphatic rings. The zero-order valence-electron chi connectivity index (χ0n) is 8.58. The number of aliphatic hydroxyl groups excluding tert-OH is 1. The molecule has 88 valence electrons. The van der Waals surface area contributed by atoms with E-state index in [0.29, 0.717) is 12.2 Å². The monoisotopic (exact) mass is 232 g/mol. The van der Waals surface area contributed by atoms with Crippen LogP contribution in [0, 0.1) is 0 Å². The molecule has 2 atom stereocenters. The Balaban J connectivity index is 2.27. The Kier molecular flexibility index (Phi) is 2.47. The Morgan fingerprint density at radius 3 is 2.12 bits per heavy atom. The predicted octanol–water partition coefficient (Wildman–Crippen LogP) is 2.31. The van der Waals surface area contributed by atoms with E-state index >= 15 is 0 Å². The van der Waals surface area contributed by atoms with Gasteiger partial charge in [0.1, 0.15) is 5.60 Å². The minimum atomic E-state index is -4.33. The number of benzene rings is 1. The summed E-state index contributed by atoms with van der Waals surface area (Å²) in [6, 6.07) is 4.70. The normalized spacial score (nSPS) is 26.6. The molecule has 0 aromatic heterocycles. The first kappa shape index (κ1) is 11.4. The number of halogens is 3. The molecular formula is C11H11F3O2. The van der Waals surface area contributed by atoms with Crippen molar-refractivity contribution >= 4 is 0 Å². The number of alkyl halides is 3. The lowest BCUT2D eigenvalue weighted by Gasteiger charge is -2.16. The van der Waals surface area contributed by atoms with Crippen LogP contribution in [0.4, 0.5) is 13.2 Å². The number of ether oxygens (including phenoxy) is 1. The van der Waals surface area contributed by atoms with Gasteiger partial charge in [0.15, 0.2) is 0 Å². The summed E-state index contributed by atoms with van der Waals surface area (Å²) in [6.07, 6.45) is -5.06. The maximum atomic E-state index is 12.3. The molecule has 0 aliphatic carbocycles. The first-order valence-electron chi connectivity index (χ1n) is 4.86. The van der Waals surface area contributed by atoms with Crippen molar-refractivity contribution in [2.45, 2.75) is 24.8 Å². The van der Waals surface area contributed by atoms with E-state index in [4.69, 9.17) is 4.74 Å². The standard InChI is InChI=1S/C11H11F3O2/c1-7(15)10(6-16-10)8-2-4-9(5-3-8)11(12,13)14/h2-5,7,15H,6H2,1H3. The van der Waals surface area contributed by atoms with E-state index in [9.17, 15) is 18.3 Å². The largest absolute Gasteiger partial charge is 0.416 e. The molecule has 0 radical (unpaired) electrons. The van der Waals surface area contributed by atoms with E-state index in [2.05, 4.69) is 0 Å². The van der Waals surface area contributed by atoms with Crippen LogP contribution < -0.4 is 0 Å². The second kappa shape index (κ2) is 3.46. The van der Waals surface area contributed by atoms with Crippen molar-refractivity contribution in [3.63, 3.8) is 0 Å². The van der Waals surface area contributed by atoms with Gasteiger partial charge in [-0.15, -0.1) is 0 Å². The quantitative estimate of drug-likeness (QED) is 0.793. The lowest BCUT2D eigenvalue weighted by Crippen LogP contribution is -2.24. The average molecular weight is 232 g/mol. The summed E-state index contributed by atoms with van der Waals surface area (Å²) in [6.45, 7) is 1.90. The van der Waals surface area contributed by atoms with Crippen LogP contribution >= 0.6 is 0 Å². The maximum Gasteiger partial charge on any atom is 0.416 e. The number of aliphatic hydroxyl groups is 1. The molecule has 1 N–H and O–H groups in total. The van der Waals surface area contributed by atoms with Gasteiger partial charge in [0, 0.05) is 0 Å². The van der Waals surface area contributed by atoms with Crippen molar-refractivity contribution in [3.8, 4) is 0 Å². The summed E-state index contributed by atoms with van der Waals surface area (Å²) in [4.78, 5) is 0. The van der Waals surface area contributed by atoms with Gasteiger partial charge < -0.3 is 9.84 Å². The van der Waals surface area contributed by atoms with Crippen LogP contribution in [0.15, 0.2) is 24.3 Å². The second-order valence-corrected chi connectivity index (χ2v) is 3.93. The fraction of sp³-hybridized carbons (Fsp3) is 0.455. The highest BCUT2D eigenvalue weighted by Gasteiger charge is 2.51. The minimum Gasteiger partial charge on any atom is -0.390 e. The van der Waals surface area contributed by atoms with Gasteiger partial charge >= 0.3 is 6.18 Å². The summed E-state index contributed by atoms with van der Waals surface area (Å²) in [5.41, 5.74) is -0.919. The first-order valence-corrected chi connectivity index (χ1v) is 4.86. The lowest BCUT2D eigenvalue weighted by molar-refractivity contribution is -0.137. The molecule has 2 rings (SSSR count). The van der Waals surface area contributed by atoms with Crippen LogP contribution in [0.5, 0.6) is 0 Å². The van der Waals surface area contributed by atoms with Gasteiger partial charge in [0.25, 0.3) is 0 Å². The summed E-state index contributed by atoms with van der Waals surface area (Å²) in [7, 11) is 0. The van der Waals surface area contributed by atoms with E-state index in [-0.39, 0.29) is 0 Å². The maximum absolute atomic E-state index is 12.3. The predicted molar refractivity (Wildman–Crippen MR) is 50.8 cm³/mol. The highest BCUT2D eigenvalue weighted by molar-refractivity contribution is 5.32. The third kappa shape index (κ3) is 1.81. The van der Waals surface area contributed by atoms with Gasteiger partial charge in [-0.3, -0.25) is 0 Å². The second-order valence-electron chi connectivity index (χ2n) is 3.93. The van der Waals surface area contributed by atoms with Crippen LogP contribution in [0.1, 0.15) is 18.1 Å². The van der Waals surface area contributed by atoms with Gasteiger partial charge in [-0.1, -0.05) is 12.1 Å². The van der Waals surface area contributed by atoms with Crippen molar-refractivity contribution in [3.05, 3.63) is 35.4 Å². The van der Waals surface area contributed by atoms with Gasteiger partial charge in [-0.05, 0) is 24.6 Å². The molecule has 1 aliphatic heterocycles. The van der Waals surface area contributed by atoms with E-state index in [1.807, 2.05) is 0 Å². The SMILES string of the molecule is CC(O)C1(c2ccc(C(F)(F)F)cc2)CO1. The molecule has 1 heterocycles. The molecule has 1 aromatic carbocycles. The Morgan fingerprint density at radius 1 is 1.31 bits per heavy atom. The number of rotatable bonds is 2. The highest BCUT2D eigenvalue weighted by atomic mass is 19.4. The average Bonchev–Trinajstić information content (AvgIpc) is 2.97. The van der Waals surface area contributed by atoms with Crippen molar-refractivity contribution in [2.24, 2.45) is 0 Å². The van der Waals surface area contributed by atoms with Crippen LogP contribution in [0.25, 0.3) is 0 Å². The van der Waals surface area contributed by atoms with E-state index < -0.39 is 23.4 Å². The summed E-state index contributed by atoms with van der Waals surface area (Å²) in [5.74, 6) is 0. The third-order valence-electron chi connectivity index (χ3n) is 2.83. The van der Waals surface area contributed by atoms with E-state index in [1.54, 1.807) is 6.92 Å². The summed E-state index contributed by atoms with van der Waals surface area (Å²) < 4.78 is 42.1. The molecule has 1 fully saturated rings. The molecule has 1 aromatic rings. The van der Waals surface area contributed by atoms with Gasteiger partial charge in [-0.25, -0.2) is 0 Å². The molecule has 16 heavy (non-hydrogen) atoms. The highest BCUT2D eigenvalue weighted by Crippen LogP contribution is 2.42. The summed E-state index contributed by atoms with van der Waals surface area (Å²) in [5, 5.41) is 9.48. The number of hydrogen-bond acceptors (Lipinski definition) is 2. The smallest absolute Gasteiger partial charge is 0.390 e. The number of hydrogen-bond donors (Lipinski definition) is 1. The van der Waals surface area contributed by atoms with Crippen LogP contribution in [0.3, 0.4) is 0 Å². The molecule has 0 bridgehead atoms. The minimum absolute atomic E-state index is 0.343. The lowest BCUT2D eigenvalue weighted by atomic mass is 9.94. The fourth-order valence-electron chi connectivity index (χ4n) is 1.67. The molecule has 5 heteroatoms. The van der Waals surface area contributed by atoms with Crippen LogP contribution in [-0.4, -0.2) is 17.8 Å². The van der Waals surface area contributed by atoms with Crippen LogP contribution in [0.2, 0.25) is 0 Å². The topological polar surface area (TPSA) is 32.8 Å². The summed E-state index contributed by atoms with van der Waals surface area (Å²) >= 11 is 0. The first-order chi connectivity index (χ1) is 7.36. The Bertz CT molecular complexity index is 377. The molecule has 2 unspecified atom stereocenters. The molecule has 0 saturated carbocycles. The Hall–Kier alpha value is -1.07. The zero-order chi connectivity index (χ0) is 12.0. The van der Waals surface area contributed by atoms with Gasteiger partial charge in [-0.2, -0.15) is 13.2 Å². The van der Waals surface area contributed by atoms with Crippen molar-refractivity contribution in [1.29, 1.82) is 0 Å². The third-order valence-corrected chi connectivity index (χ3v) is 2.83.